The third-order valence-corrected chi connectivity index (χ3v) is 5.00. The lowest BCUT2D eigenvalue weighted by Crippen LogP contribution is -2.46. The molecule has 1 aliphatic rings. The number of amides is 3. The number of anilines is 1. The Morgan fingerprint density at radius 1 is 0.969 bits per heavy atom. The zero-order valence-corrected chi connectivity index (χ0v) is 18.1. The molecule has 166 valence electrons. The predicted octanol–water partition coefficient (Wildman–Crippen LogP) is 3.08. The first-order valence-electron chi connectivity index (χ1n) is 10.2. The molecule has 0 radical (unpaired) electrons. The third-order valence-electron chi connectivity index (χ3n) is 5.00. The molecular formula is C24H24N2O6. The van der Waals surface area contributed by atoms with Crippen molar-refractivity contribution in [3.63, 3.8) is 0 Å². The van der Waals surface area contributed by atoms with Crippen molar-refractivity contribution in [1.29, 1.82) is 0 Å². The molecule has 0 fully saturated rings. The van der Waals surface area contributed by atoms with E-state index in [1.807, 2.05) is 13.8 Å². The lowest BCUT2D eigenvalue weighted by molar-refractivity contribution is -0.151. The van der Waals surface area contributed by atoms with Crippen molar-refractivity contribution in [2.75, 3.05) is 11.9 Å². The van der Waals surface area contributed by atoms with Crippen LogP contribution in [-0.4, -0.2) is 47.0 Å². The van der Waals surface area contributed by atoms with Gasteiger partial charge in [0.1, 0.15) is 6.04 Å². The molecule has 2 aromatic carbocycles. The van der Waals surface area contributed by atoms with Crippen LogP contribution >= 0.6 is 0 Å². The van der Waals surface area contributed by atoms with E-state index in [1.54, 1.807) is 30.3 Å². The van der Waals surface area contributed by atoms with Crippen LogP contribution in [0.3, 0.4) is 0 Å². The Hall–Kier alpha value is -3.81. The molecule has 3 amide bonds. The van der Waals surface area contributed by atoms with Crippen molar-refractivity contribution in [3.8, 4) is 0 Å². The van der Waals surface area contributed by atoms with Gasteiger partial charge in [-0.25, -0.2) is 4.79 Å². The normalized spacial score (nSPS) is 13.7. The number of ether oxygens (including phenoxy) is 1. The van der Waals surface area contributed by atoms with Crippen LogP contribution in [0.5, 0.6) is 0 Å². The number of carbonyl (C=O) groups excluding carboxylic acids is 5. The largest absolute Gasteiger partial charge is 0.454 e. The number of hydrogen-bond acceptors (Lipinski definition) is 6. The summed E-state index contributed by atoms with van der Waals surface area (Å²) in [4.78, 5) is 63.0. The van der Waals surface area contributed by atoms with Crippen molar-refractivity contribution < 1.29 is 28.7 Å². The van der Waals surface area contributed by atoms with Crippen molar-refractivity contribution in [2.24, 2.45) is 5.92 Å². The number of esters is 1. The van der Waals surface area contributed by atoms with Gasteiger partial charge in [0.2, 0.25) is 0 Å². The van der Waals surface area contributed by atoms with Gasteiger partial charge in [-0.15, -0.1) is 0 Å². The summed E-state index contributed by atoms with van der Waals surface area (Å²) < 4.78 is 5.16. The SMILES string of the molecule is CC(=O)c1cccc(NC(=O)COC(=O)[C@H](CC(C)C)N2C(=O)c3ccccc3C2=O)c1. The molecule has 1 heterocycles. The van der Waals surface area contributed by atoms with Crippen molar-refractivity contribution >= 4 is 35.2 Å². The number of ketones is 1. The number of nitrogens with zero attached hydrogens (tertiary/aromatic N) is 1. The number of carbonyl (C=O) groups is 5. The molecule has 0 saturated heterocycles. The second kappa shape index (κ2) is 9.55. The van der Waals surface area contributed by atoms with E-state index >= 15 is 0 Å². The number of rotatable bonds is 8. The smallest absolute Gasteiger partial charge is 0.329 e. The van der Waals surface area contributed by atoms with Crippen LogP contribution in [-0.2, 0) is 14.3 Å². The molecule has 0 bridgehead atoms. The Kier molecular flexibility index (Phi) is 6.82. The van der Waals surface area contributed by atoms with Gasteiger partial charge in [0.05, 0.1) is 11.1 Å². The summed E-state index contributed by atoms with van der Waals surface area (Å²) in [5.74, 6) is -2.71. The second-order valence-corrected chi connectivity index (χ2v) is 7.96. The Morgan fingerprint density at radius 2 is 1.59 bits per heavy atom. The molecule has 2 aromatic rings. The maximum absolute atomic E-state index is 12.8. The number of nitrogens with one attached hydrogen (secondary N) is 1. The maximum atomic E-state index is 12.8. The van der Waals surface area contributed by atoms with Gasteiger partial charge in [-0.3, -0.25) is 24.1 Å². The first-order chi connectivity index (χ1) is 15.2. The fourth-order valence-electron chi connectivity index (χ4n) is 3.49. The van der Waals surface area contributed by atoms with E-state index in [9.17, 15) is 24.0 Å². The molecule has 1 atom stereocenters. The molecule has 32 heavy (non-hydrogen) atoms. The lowest BCUT2D eigenvalue weighted by Gasteiger charge is -2.25. The minimum Gasteiger partial charge on any atom is -0.454 e. The number of Topliss-reactive ketones (excluding diaryl/α,β-unsaturated/α-hetero) is 1. The monoisotopic (exact) mass is 436 g/mol. The molecule has 3 rings (SSSR count). The fraction of sp³-hybridized carbons (Fsp3) is 0.292. The van der Waals surface area contributed by atoms with Crippen LogP contribution in [0.25, 0.3) is 0 Å². The third kappa shape index (κ3) is 4.91. The minimum atomic E-state index is -1.14. The average Bonchev–Trinajstić information content (AvgIpc) is 3.01. The number of hydrogen-bond donors (Lipinski definition) is 1. The van der Waals surface area contributed by atoms with Crippen LogP contribution in [0.2, 0.25) is 0 Å². The summed E-state index contributed by atoms with van der Waals surface area (Å²) in [5, 5.41) is 2.56. The highest BCUT2D eigenvalue weighted by Gasteiger charge is 2.43. The molecule has 0 aromatic heterocycles. The Labute approximate surface area is 185 Å². The van der Waals surface area contributed by atoms with Gasteiger partial charge < -0.3 is 10.1 Å². The van der Waals surface area contributed by atoms with Gasteiger partial charge in [0.15, 0.2) is 12.4 Å². The highest BCUT2D eigenvalue weighted by Crippen LogP contribution is 2.27. The molecule has 8 nitrogen and oxygen atoms in total. The summed E-state index contributed by atoms with van der Waals surface area (Å²) in [6.07, 6.45) is 0.201. The summed E-state index contributed by atoms with van der Waals surface area (Å²) >= 11 is 0. The van der Waals surface area contributed by atoms with E-state index < -0.39 is 36.3 Å². The molecule has 0 saturated carbocycles. The van der Waals surface area contributed by atoms with E-state index in [0.29, 0.717) is 11.3 Å². The van der Waals surface area contributed by atoms with Crippen LogP contribution in [0.15, 0.2) is 48.5 Å². The first kappa shape index (κ1) is 22.9. The second-order valence-electron chi connectivity index (χ2n) is 7.96. The standard InChI is InChI=1S/C24H24N2O6/c1-14(2)11-20(26-22(29)18-9-4-5-10-19(18)23(26)30)24(31)32-13-21(28)25-17-8-6-7-16(12-17)15(3)27/h4-10,12,14,20H,11,13H2,1-3H3,(H,25,28)/t20-/m0/s1. The van der Waals surface area contributed by atoms with E-state index in [-0.39, 0.29) is 29.2 Å². The van der Waals surface area contributed by atoms with Gasteiger partial charge in [-0.2, -0.15) is 0 Å². The van der Waals surface area contributed by atoms with Crippen molar-refractivity contribution in [3.05, 3.63) is 65.2 Å². The number of fused-ring (bicyclic) bond motifs is 1. The van der Waals surface area contributed by atoms with Crippen molar-refractivity contribution in [2.45, 2.75) is 33.2 Å². The molecule has 0 aliphatic carbocycles. The van der Waals surface area contributed by atoms with Crippen LogP contribution in [0, 0.1) is 5.92 Å². The molecule has 0 unspecified atom stereocenters. The van der Waals surface area contributed by atoms with Crippen molar-refractivity contribution in [1.82, 2.24) is 4.90 Å². The minimum absolute atomic E-state index is 0.0139. The van der Waals surface area contributed by atoms with Crippen LogP contribution in [0.4, 0.5) is 5.69 Å². The number of imide groups is 1. The Balaban J connectivity index is 1.69. The Bertz CT molecular complexity index is 1060. The van der Waals surface area contributed by atoms with Gasteiger partial charge >= 0.3 is 5.97 Å². The Morgan fingerprint density at radius 3 is 2.16 bits per heavy atom. The van der Waals surface area contributed by atoms with Gasteiger partial charge in [-0.05, 0) is 43.5 Å². The van der Waals surface area contributed by atoms with E-state index in [2.05, 4.69) is 5.32 Å². The summed E-state index contributed by atoms with van der Waals surface area (Å²) in [5.41, 5.74) is 1.30. The molecule has 1 N–H and O–H groups in total. The lowest BCUT2D eigenvalue weighted by atomic mass is 10.0. The molecular weight excluding hydrogens is 412 g/mol. The maximum Gasteiger partial charge on any atom is 0.329 e. The van der Waals surface area contributed by atoms with Crippen LogP contribution in [0.1, 0.15) is 58.3 Å². The highest BCUT2D eigenvalue weighted by molar-refractivity contribution is 6.22. The van der Waals surface area contributed by atoms with Crippen LogP contribution < -0.4 is 5.32 Å². The molecule has 1 aliphatic heterocycles. The van der Waals surface area contributed by atoms with Gasteiger partial charge in [0.25, 0.3) is 17.7 Å². The summed E-state index contributed by atoms with van der Waals surface area (Å²) in [6.45, 7) is 4.53. The summed E-state index contributed by atoms with van der Waals surface area (Å²) in [7, 11) is 0. The topological polar surface area (TPSA) is 110 Å². The van der Waals surface area contributed by atoms with Gasteiger partial charge in [0, 0.05) is 11.3 Å². The predicted molar refractivity (Wildman–Crippen MR) is 116 cm³/mol. The zero-order valence-electron chi connectivity index (χ0n) is 18.1. The number of benzene rings is 2. The first-order valence-corrected chi connectivity index (χ1v) is 10.2. The zero-order chi connectivity index (χ0) is 23.4. The van der Waals surface area contributed by atoms with Gasteiger partial charge in [-0.1, -0.05) is 38.1 Å². The van der Waals surface area contributed by atoms with E-state index in [4.69, 9.17) is 4.74 Å². The van der Waals surface area contributed by atoms with E-state index in [1.165, 1.54) is 25.1 Å². The molecule has 0 spiro atoms. The highest BCUT2D eigenvalue weighted by atomic mass is 16.5. The average molecular weight is 436 g/mol. The summed E-state index contributed by atoms with van der Waals surface area (Å²) in [6, 6.07) is 11.6. The fourth-order valence-corrected chi connectivity index (χ4v) is 3.49. The molecule has 8 heteroatoms. The quantitative estimate of drug-likeness (QED) is 0.387. The van der Waals surface area contributed by atoms with E-state index in [0.717, 1.165) is 4.90 Å².